The van der Waals surface area contributed by atoms with E-state index in [1.54, 1.807) is 18.0 Å². The summed E-state index contributed by atoms with van der Waals surface area (Å²) in [6.45, 7) is 0.00675. The van der Waals surface area contributed by atoms with Gasteiger partial charge in [-0.2, -0.15) is 0 Å². The van der Waals surface area contributed by atoms with Crippen molar-refractivity contribution >= 4 is 46.0 Å². The normalized spacial score (nSPS) is 11.5. The molecule has 166 valence electrons. The van der Waals surface area contributed by atoms with Crippen LogP contribution < -0.4 is 10.1 Å². The van der Waals surface area contributed by atoms with Crippen LogP contribution in [0.3, 0.4) is 0 Å². The van der Waals surface area contributed by atoms with E-state index in [9.17, 15) is 9.59 Å². The van der Waals surface area contributed by atoms with E-state index >= 15 is 0 Å². The Balaban J connectivity index is 1.87. The number of carbonyl (C=O) groups excluding carboxylic acids is 2. The van der Waals surface area contributed by atoms with E-state index in [0.717, 1.165) is 14.7 Å². The van der Waals surface area contributed by atoms with Gasteiger partial charge >= 0.3 is 0 Å². The summed E-state index contributed by atoms with van der Waals surface area (Å²) in [4.78, 5) is 27.7. The highest BCUT2D eigenvalue weighted by atomic mass is 127. The molecule has 0 unspecified atom stereocenters. The third-order valence-electron chi connectivity index (χ3n) is 4.99. The molecule has 32 heavy (non-hydrogen) atoms. The maximum Gasteiger partial charge on any atom is 0.261 e. The Morgan fingerprint density at radius 3 is 2.31 bits per heavy atom. The fraction of sp³-hybridized carbons (Fsp3) is 0.200. The van der Waals surface area contributed by atoms with E-state index < -0.39 is 6.04 Å². The van der Waals surface area contributed by atoms with Crippen molar-refractivity contribution in [3.05, 3.63) is 98.6 Å². The van der Waals surface area contributed by atoms with Crippen LogP contribution in [0.1, 0.15) is 11.1 Å². The smallest absolute Gasteiger partial charge is 0.261 e. The van der Waals surface area contributed by atoms with Crippen LogP contribution >= 0.6 is 34.2 Å². The summed E-state index contributed by atoms with van der Waals surface area (Å²) in [6, 6.07) is 23.7. The quantitative estimate of drug-likeness (QED) is 0.385. The van der Waals surface area contributed by atoms with Gasteiger partial charge in [0.2, 0.25) is 5.91 Å². The van der Waals surface area contributed by atoms with Crippen LogP contribution in [0.5, 0.6) is 5.75 Å². The number of hydrogen-bond acceptors (Lipinski definition) is 3. The number of carbonyl (C=O) groups is 2. The molecule has 0 heterocycles. The second-order valence-corrected chi connectivity index (χ2v) is 8.83. The Labute approximate surface area is 206 Å². The van der Waals surface area contributed by atoms with Crippen LogP contribution in [-0.4, -0.2) is 36.4 Å². The van der Waals surface area contributed by atoms with Crippen molar-refractivity contribution in [2.75, 3.05) is 13.7 Å². The summed E-state index contributed by atoms with van der Waals surface area (Å²) in [5, 5.41) is 3.23. The first kappa shape index (κ1) is 24.1. The fourth-order valence-corrected chi connectivity index (χ4v) is 3.84. The molecule has 7 heteroatoms. The topological polar surface area (TPSA) is 58.6 Å². The molecule has 0 saturated heterocycles. The highest BCUT2D eigenvalue weighted by Gasteiger charge is 2.30. The standard InChI is InChI=1S/C25H24ClIN2O3/c1-28-25(31)23(15-18-7-3-2-4-8-18)29(16-19-9-5-6-10-22(19)26)24(30)17-32-21-13-11-20(27)12-14-21/h2-14,23H,15-17H2,1H3,(H,28,31)/t23-/m0/s1. The minimum absolute atomic E-state index is 0.187. The Morgan fingerprint density at radius 2 is 1.66 bits per heavy atom. The molecule has 2 amide bonds. The van der Waals surface area contributed by atoms with Crippen molar-refractivity contribution in [2.24, 2.45) is 0 Å². The summed E-state index contributed by atoms with van der Waals surface area (Å²) in [5.41, 5.74) is 1.72. The second-order valence-electron chi connectivity index (χ2n) is 7.18. The molecule has 0 fully saturated rings. The van der Waals surface area contributed by atoms with Crippen LogP contribution in [-0.2, 0) is 22.6 Å². The van der Waals surface area contributed by atoms with Crippen LogP contribution in [0.25, 0.3) is 0 Å². The lowest BCUT2D eigenvalue weighted by atomic mass is 10.0. The first-order valence-corrected chi connectivity index (χ1v) is 11.6. The fourth-order valence-electron chi connectivity index (χ4n) is 3.29. The molecule has 0 aromatic heterocycles. The summed E-state index contributed by atoms with van der Waals surface area (Å²) in [6.07, 6.45) is 0.375. The molecule has 0 aliphatic carbocycles. The Morgan fingerprint density at radius 1 is 1.00 bits per heavy atom. The molecule has 3 aromatic carbocycles. The summed E-state index contributed by atoms with van der Waals surface area (Å²) >= 11 is 8.58. The molecule has 5 nitrogen and oxygen atoms in total. The molecule has 0 bridgehead atoms. The summed E-state index contributed by atoms with van der Waals surface area (Å²) < 4.78 is 6.80. The predicted molar refractivity (Wildman–Crippen MR) is 135 cm³/mol. The molecule has 0 aliphatic rings. The molecular weight excluding hydrogens is 539 g/mol. The van der Waals surface area contributed by atoms with Gasteiger partial charge in [-0.15, -0.1) is 0 Å². The number of ether oxygens (including phenoxy) is 1. The Kier molecular flexibility index (Phi) is 8.93. The lowest BCUT2D eigenvalue weighted by molar-refractivity contribution is -0.142. The van der Waals surface area contributed by atoms with Crippen molar-refractivity contribution in [2.45, 2.75) is 19.0 Å². The minimum atomic E-state index is -0.716. The van der Waals surface area contributed by atoms with Gasteiger partial charge in [-0.05, 0) is 64.0 Å². The average Bonchev–Trinajstić information content (AvgIpc) is 2.82. The molecule has 3 rings (SSSR count). The molecule has 0 aliphatic heterocycles. The first-order chi connectivity index (χ1) is 15.5. The van der Waals surface area contributed by atoms with Gasteiger partial charge in [-0.1, -0.05) is 60.1 Å². The zero-order valence-electron chi connectivity index (χ0n) is 17.6. The zero-order chi connectivity index (χ0) is 22.9. The number of hydrogen-bond donors (Lipinski definition) is 1. The van der Waals surface area contributed by atoms with Gasteiger partial charge in [-0.25, -0.2) is 0 Å². The van der Waals surface area contributed by atoms with E-state index in [-0.39, 0.29) is 25.0 Å². The van der Waals surface area contributed by atoms with Crippen LogP contribution in [0.4, 0.5) is 0 Å². The maximum atomic E-state index is 13.3. The largest absolute Gasteiger partial charge is 0.484 e. The van der Waals surface area contributed by atoms with E-state index in [4.69, 9.17) is 16.3 Å². The summed E-state index contributed by atoms with van der Waals surface area (Å²) in [5.74, 6) is 0.0486. The number of amides is 2. The van der Waals surface area contributed by atoms with Crippen LogP contribution in [0.15, 0.2) is 78.9 Å². The maximum absolute atomic E-state index is 13.3. The highest BCUT2D eigenvalue weighted by Crippen LogP contribution is 2.21. The number of halogens is 2. The van der Waals surface area contributed by atoms with Crippen LogP contribution in [0, 0.1) is 3.57 Å². The highest BCUT2D eigenvalue weighted by molar-refractivity contribution is 14.1. The van der Waals surface area contributed by atoms with Crippen molar-refractivity contribution in [1.29, 1.82) is 0 Å². The second kappa shape index (κ2) is 11.9. The van der Waals surface area contributed by atoms with Crippen LogP contribution in [0.2, 0.25) is 5.02 Å². The number of benzene rings is 3. The first-order valence-electron chi connectivity index (χ1n) is 10.1. The molecule has 0 saturated carbocycles. The molecule has 3 aromatic rings. The Hall–Kier alpha value is -2.58. The number of likely N-dealkylation sites (N-methyl/N-ethyl adjacent to an activating group) is 1. The molecule has 0 radical (unpaired) electrons. The SMILES string of the molecule is CNC(=O)[C@H](Cc1ccccc1)N(Cc1ccccc1Cl)C(=O)COc1ccc(I)cc1. The zero-order valence-corrected chi connectivity index (χ0v) is 20.5. The van der Waals surface area contributed by atoms with E-state index in [2.05, 4.69) is 27.9 Å². The minimum Gasteiger partial charge on any atom is -0.484 e. The van der Waals surface area contributed by atoms with Gasteiger partial charge in [-0.3, -0.25) is 9.59 Å². The molecule has 1 N–H and O–H groups in total. The molecular formula is C25H24ClIN2O3. The third kappa shape index (κ3) is 6.71. The van der Waals surface area contributed by atoms with E-state index in [1.165, 1.54) is 0 Å². The lowest BCUT2D eigenvalue weighted by Crippen LogP contribution is -2.51. The average molecular weight is 563 g/mol. The summed E-state index contributed by atoms with van der Waals surface area (Å²) in [7, 11) is 1.57. The van der Waals surface area contributed by atoms with Crippen molar-refractivity contribution in [3.8, 4) is 5.75 Å². The van der Waals surface area contributed by atoms with Gasteiger partial charge < -0.3 is 15.0 Å². The van der Waals surface area contributed by atoms with E-state index in [0.29, 0.717) is 17.2 Å². The van der Waals surface area contributed by atoms with Gasteiger partial charge in [0.1, 0.15) is 11.8 Å². The van der Waals surface area contributed by atoms with Gasteiger partial charge in [0.05, 0.1) is 0 Å². The Bertz CT molecular complexity index is 1040. The molecule has 1 atom stereocenters. The van der Waals surface area contributed by atoms with E-state index in [1.807, 2.05) is 72.8 Å². The number of nitrogens with one attached hydrogen (secondary N) is 1. The monoisotopic (exact) mass is 562 g/mol. The van der Waals surface area contributed by atoms with Crippen molar-refractivity contribution in [3.63, 3.8) is 0 Å². The number of nitrogens with zero attached hydrogens (tertiary/aromatic N) is 1. The van der Waals surface area contributed by atoms with Crippen molar-refractivity contribution < 1.29 is 14.3 Å². The molecule has 0 spiro atoms. The predicted octanol–water partition coefficient (Wildman–Crippen LogP) is 4.71. The lowest BCUT2D eigenvalue weighted by Gasteiger charge is -2.31. The van der Waals surface area contributed by atoms with Gasteiger partial charge in [0, 0.05) is 28.6 Å². The third-order valence-corrected chi connectivity index (χ3v) is 6.08. The van der Waals surface area contributed by atoms with Gasteiger partial charge in [0.25, 0.3) is 5.91 Å². The number of rotatable bonds is 9. The van der Waals surface area contributed by atoms with Gasteiger partial charge in [0.15, 0.2) is 6.61 Å². The van der Waals surface area contributed by atoms with Crippen molar-refractivity contribution in [1.82, 2.24) is 10.2 Å².